The van der Waals surface area contributed by atoms with Gasteiger partial charge in [-0.3, -0.25) is 0 Å². The van der Waals surface area contributed by atoms with Crippen LogP contribution in [0.5, 0.6) is 23.0 Å². The van der Waals surface area contributed by atoms with Crippen LogP contribution in [0.25, 0.3) is 11.0 Å². The molecule has 0 bridgehead atoms. The van der Waals surface area contributed by atoms with Gasteiger partial charge in [0.25, 0.3) is 6.71 Å². The van der Waals surface area contributed by atoms with E-state index in [0.29, 0.717) is 26.4 Å². The summed E-state index contributed by atoms with van der Waals surface area (Å²) in [6.45, 7) is 29.0. The van der Waals surface area contributed by atoms with Crippen molar-refractivity contribution in [3.8, 4) is 23.0 Å². The Kier molecular flexibility index (Phi) is 8.32. The molecule has 5 aromatic carbocycles. The molecule has 0 saturated heterocycles. The van der Waals surface area contributed by atoms with Crippen LogP contribution in [-0.4, -0.2) is 33.1 Å². The average molecular weight is 787 g/mol. The molecule has 6 aromatic rings. The van der Waals surface area contributed by atoms with Gasteiger partial charge in [-0.1, -0.05) is 73.6 Å². The topological polar surface area (TPSA) is 56.5 Å². The summed E-state index contributed by atoms with van der Waals surface area (Å²) in [5.74, 6) is 3.39. The van der Waals surface area contributed by atoms with Crippen molar-refractivity contribution < 1.29 is 23.4 Å². The van der Waals surface area contributed by atoms with Gasteiger partial charge in [0, 0.05) is 34.1 Å². The van der Waals surface area contributed by atoms with Crippen LogP contribution >= 0.6 is 0 Å². The van der Waals surface area contributed by atoms with Gasteiger partial charge in [-0.2, -0.15) is 0 Å². The minimum atomic E-state index is -0.229. The minimum absolute atomic E-state index is 0.00429. The molecule has 0 radical (unpaired) electrons. The van der Waals surface area contributed by atoms with Crippen molar-refractivity contribution in [3.05, 3.63) is 99.6 Å². The highest BCUT2D eigenvalue weighted by Crippen LogP contribution is 2.53. The fourth-order valence-electron chi connectivity index (χ4n) is 9.90. The largest absolute Gasteiger partial charge is 0.486 e. The number of hydrogen-bond donors (Lipinski definition) is 0. The molecular weight excluding hydrogens is 731 g/mol. The summed E-state index contributed by atoms with van der Waals surface area (Å²) in [6.07, 6.45) is 0. The lowest BCUT2D eigenvalue weighted by atomic mass is 9.35. The highest BCUT2D eigenvalue weighted by atomic mass is 16.6. The Morgan fingerprint density at radius 3 is 1.81 bits per heavy atom. The SMILES string of the molecule is Cc1cc(C(C)(C)C)cc(C)c1N1c2cc3c(cc2B2c4oc5ccc(C(C)(C)C)cc5c4N(c4c(C)cc5c(c4C)OCCO5)c4cc(C(C)C)cc1c42)OCCO3. The van der Waals surface area contributed by atoms with Crippen molar-refractivity contribution in [2.24, 2.45) is 0 Å². The van der Waals surface area contributed by atoms with Gasteiger partial charge in [0.1, 0.15) is 32.0 Å². The van der Waals surface area contributed by atoms with Gasteiger partial charge in [-0.15, -0.1) is 0 Å². The zero-order chi connectivity index (χ0) is 41.4. The number of rotatable bonds is 3. The van der Waals surface area contributed by atoms with E-state index in [2.05, 4.69) is 154 Å². The molecule has 7 nitrogen and oxygen atoms in total. The maximum absolute atomic E-state index is 7.28. The molecule has 8 heteroatoms. The van der Waals surface area contributed by atoms with E-state index in [-0.39, 0.29) is 23.5 Å². The predicted octanol–water partition coefficient (Wildman–Crippen LogP) is 11.0. The number of furan rings is 1. The number of benzene rings is 5. The molecule has 1 aromatic heterocycles. The number of nitrogens with zero attached hydrogens (tertiary/aromatic N) is 2. The summed E-state index contributed by atoms with van der Waals surface area (Å²) in [5, 5.41) is 1.09. The number of aryl methyl sites for hydroxylation is 3. The number of ether oxygens (including phenoxy) is 4. The first-order valence-electron chi connectivity index (χ1n) is 21.3. The lowest BCUT2D eigenvalue weighted by Crippen LogP contribution is -2.61. The van der Waals surface area contributed by atoms with Crippen LogP contribution in [0.15, 0.2) is 65.1 Å². The van der Waals surface area contributed by atoms with Crippen LogP contribution in [0.2, 0.25) is 0 Å². The van der Waals surface area contributed by atoms with E-state index >= 15 is 0 Å². The maximum atomic E-state index is 7.28. The zero-order valence-electron chi connectivity index (χ0n) is 36.7. The van der Waals surface area contributed by atoms with Crippen LogP contribution in [0.3, 0.4) is 0 Å². The molecule has 5 heterocycles. The van der Waals surface area contributed by atoms with Crippen LogP contribution in [-0.2, 0) is 10.8 Å². The fraction of sp³-hybridized carbons (Fsp3) is 0.373. The molecule has 0 amide bonds. The van der Waals surface area contributed by atoms with E-state index in [4.69, 9.17) is 23.4 Å². The first-order valence-corrected chi connectivity index (χ1v) is 21.3. The average Bonchev–Trinajstić information content (AvgIpc) is 3.56. The van der Waals surface area contributed by atoms with Gasteiger partial charge in [0.2, 0.25) is 0 Å². The first kappa shape index (κ1) is 37.8. The lowest BCUT2D eigenvalue weighted by molar-refractivity contribution is 0.170. The first-order chi connectivity index (χ1) is 28.0. The summed E-state index contributed by atoms with van der Waals surface area (Å²) >= 11 is 0. The Morgan fingerprint density at radius 1 is 0.576 bits per heavy atom. The molecule has 0 aliphatic carbocycles. The normalized spacial score (nSPS) is 15.4. The third-order valence-corrected chi connectivity index (χ3v) is 12.9. The molecule has 59 heavy (non-hydrogen) atoms. The number of anilines is 6. The fourth-order valence-corrected chi connectivity index (χ4v) is 9.90. The van der Waals surface area contributed by atoms with Crippen molar-refractivity contribution in [1.29, 1.82) is 0 Å². The molecule has 0 atom stereocenters. The van der Waals surface area contributed by atoms with E-state index in [1.54, 1.807) is 0 Å². The molecule has 4 aliphatic rings. The molecule has 0 fully saturated rings. The number of hydrogen-bond acceptors (Lipinski definition) is 7. The lowest BCUT2D eigenvalue weighted by Gasteiger charge is -2.44. The van der Waals surface area contributed by atoms with Crippen molar-refractivity contribution in [3.63, 3.8) is 0 Å². The van der Waals surface area contributed by atoms with E-state index in [0.717, 1.165) is 84.7 Å². The van der Waals surface area contributed by atoms with Crippen LogP contribution < -0.4 is 45.3 Å². The van der Waals surface area contributed by atoms with E-state index in [1.807, 2.05) is 0 Å². The Balaban J connectivity index is 1.37. The molecule has 0 N–H and O–H groups in total. The highest BCUT2D eigenvalue weighted by Gasteiger charge is 2.49. The molecule has 0 unspecified atom stereocenters. The van der Waals surface area contributed by atoms with Crippen LogP contribution in [0, 0.1) is 27.7 Å². The summed E-state index contributed by atoms with van der Waals surface area (Å²) in [5.41, 5.74) is 19.2. The van der Waals surface area contributed by atoms with Gasteiger partial charge in [-0.05, 0) is 125 Å². The second-order valence-corrected chi connectivity index (χ2v) is 19.5. The smallest absolute Gasteiger partial charge is 0.297 e. The van der Waals surface area contributed by atoms with Crippen LogP contribution in [0.4, 0.5) is 34.1 Å². The van der Waals surface area contributed by atoms with Gasteiger partial charge < -0.3 is 33.2 Å². The monoisotopic (exact) mass is 786 g/mol. The summed E-state index contributed by atoms with van der Waals surface area (Å²) in [7, 11) is 0. The maximum Gasteiger partial charge on any atom is 0.297 e. The predicted molar refractivity (Wildman–Crippen MR) is 243 cm³/mol. The molecule has 10 rings (SSSR count). The second-order valence-electron chi connectivity index (χ2n) is 19.5. The molecule has 302 valence electrons. The van der Waals surface area contributed by atoms with E-state index in [9.17, 15) is 0 Å². The van der Waals surface area contributed by atoms with E-state index in [1.165, 1.54) is 39.0 Å². The van der Waals surface area contributed by atoms with Gasteiger partial charge in [0.15, 0.2) is 23.0 Å². The second kappa shape index (κ2) is 13.0. The van der Waals surface area contributed by atoms with E-state index < -0.39 is 0 Å². The Hall–Kier alpha value is -5.50. The van der Waals surface area contributed by atoms with Crippen LogP contribution in [0.1, 0.15) is 100 Å². The Morgan fingerprint density at radius 2 is 1.17 bits per heavy atom. The zero-order valence-corrected chi connectivity index (χ0v) is 36.7. The summed E-state index contributed by atoms with van der Waals surface area (Å²) in [4.78, 5) is 5.01. The Bertz CT molecular complexity index is 2730. The minimum Gasteiger partial charge on any atom is -0.486 e. The molecule has 0 saturated carbocycles. The van der Waals surface area contributed by atoms with Crippen molar-refractivity contribution in [2.75, 3.05) is 36.2 Å². The van der Waals surface area contributed by atoms with Crippen molar-refractivity contribution in [2.45, 2.75) is 99.8 Å². The Labute approximate surface area is 349 Å². The molecular formula is C51H55BN2O5. The highest BCUT2D eigenvalue weighted by molar-refractivity contribution is 7.00. The van der Waals surface area contributed by atoms with Gasteiger partial charge >= 0.3 is 0 Å². The standard InChI is InChI=1S/C51H55BN2O5/c1-27(2)32-22-38-44-39(23-32)54(46-30(5)21-43-48(31(46)6)58-18-17-57-43)47-35-24-33(50(7,8)9)13-14-40(35)59-49(47)52(44)36-25-41-42(56-16-15-55-41)26-37(36)53(38)45-28(3)19-34(20-29(45)4)51(10,11)12/h13-14,19-27H,15-18H2,1-12H3. The third kappa shape index (κ3) is 5.68. The third-order valence-electron chi connectivity index (χ3n) is 12.9. The number of fused-ring (bicyclic) bond motifs is 8. The summed E-state index contributed by atoms with van der Waals surface area (Å²) < 4.78 is 32.6. The quantitative estimate of drug-likeness (QED) is 0.165. The van der Waals surface area contributed by atoms with Gasteiger partial charge in [0.05, 0.1) is 22.7 Å². The van der Waals surface area contributed by atoms with Crippen molar-refractivity contribution >= 4 is 68.4 Å². The van der Waals surface area contributed by atoms with Crippen molar-refractivity contribution in [1.82, 2.24) is 0 Å². The molecule has 0 spiro atoms. The summed E-state index contributed by atoms with van der Waals surface area (Å²) in [6, 6.07) is 23.0. The van der Waals surface area contributed by atoms with Gasteiger partial charge in [-0.25, -0.2) is 0 Å². The molecule has 4 aliphatic heterocycles.